The molecule has 174 valence electrons. The van der Waals surface area contributed by atoms with Gasteiger partial charge in [-0.3, -0.25) is 4.90 Å². The summed E-state index contributed by atoms with van der Waals surface area (Å²) >= 11 is 0. The van der Waals surface area contributed by atoms with Gasteiger partial charge in [-0.25, -0.2) is 4.39 Å². The average molecular weight is 447 g/mol. The number of likely N-dealkylation sites (N-methyl/N-ethyl adjacent to an activating group) is 1. The molecule has 0 aliphatic carbocycles. The molecule has 0 N–H and O–H groups in total. The quantitative estimate of drug-likeness (QED) is 0.405. The van der Waals surface area contributed by atoms with Crippen LogP contribution in [0.25, 0.3) is 0 Å². The fourth-order valence-electron chi connectivity index (χ4n) is 4.67. The molecule has 0 spiro atoms. The normalized spacial score (nSPS) is 17.0. The number of halogens is 1. The zero-order valence-electron chi connectivity index (χ0n) is 19.6. The molecule has 1 saturated heterocycles. The van der Waals surface area contributed by atoms with Gasteiger partial charge in [-0.05, 0) is 61.7 Å². The van der Waals surface area contributed by atoms with E-state index in [9.17, 15) is 4.39 Å². The van der Waals surface area contributed by atoms with Crippen molar-refractivity contribution in [2.75, 3.05) is 39.8 Å². The summed E-state index contributed by atoms with van der Waals surface area (Å²) in [6, 6.07) is 28.4. The molecule has 3 aromatic rings. The SMILES string of the molecule is CN(CCc1ccc(F)cc1)C1CCCN(CCOC(c2ccccc2)c2ccccc2)C1. The highest BCUT2D eigenvalue weighted by molar-refractivity contribution is 5.29. The van der Waals surface area contributed by atoms with E-state index in [2.05, 4.69) is 65.4 Å². The second-order valence-electron chi connectivity index (χ2n) is 9.03. The van der Waals surface area contributed by atoms with Crippen LogP contribution in [0.15, 0.2) is 84.9 Å². The first kappa shape index (κ1) is 23.6. The monoisotopic (exact) mass is 446 g/mol. The summed E-state index contributed by atoms with van der Waals surface area (Å²) in [4.78, 5) is 5.00. The van der Waals surface area contributed by atoms with Crippen LogP contribution in [0.4, 0.5) is 4.39 Å². The van der Waals surface area contributed by atoms with Crippen molar-refractivity contribution in [3.63, 3.8) is 0 Å². The van der Waals surface area contributed by atoms with Crippen molar-refractivity contribution in [2.24, 2.45) is 0 Å². The Labute approximate surface area is 197 Å². The maximum atomic E-state index is 13.1. The summed E-state index contributed by atoms with van der Waals surface area (Å²) in [5, 5.41) is 0. The number of ether oxygens (including phenoxy) is 1. The highest BCUT2D eigenvalue weighted by atomic mass is 19.1. The number of rotatable bonds is 10. The minimum Gasteiger partial charge on any atom is -0.367 e. The van der Waals surface area contributed by atoms with E-state index in [-0.39, 0.29) is 11.9 Å². The molecule has 33 heavy (non-hydrogen) atoms. The zero-order valence-corrected chi connectivity index (χ0v) is 19.6. The predicted octanol–water partition coefficient (Wildman–Crippen LogP) is 5.57. The highest BCUT2D eigenvalue weighted by Gasteiger charge is 2.23. The third-order valence-electron chi connectivity index (χ3n) is 6.67. The number of hydrogen-bond acceptors (Lipinski definition) is 3. The maximum absolute atomic E-state index is 13.1. The highest BCUT2D eigenvalue weighted by Crippen LogP contribution is 2.26. The maximum Gasteiger partial charge on any atom is 0.123 e. The first-order chi connectivity index (χ1) is 16.2. The van der Waals surface area contributed by atoms with E-state index >= 15 is 0 Å². The number of benzene rings is 3. The molecule has 1 aliphatic heterocycles. The van der Waals surface area contributed by atoms with Gasteiger partial charge in [-0.1, -0.05) is 72.8 Å². The molecule has 1 atom stereocenters. The molecule has 3 aromatic carbocycles. The van der Waals surface area contributed by atoms with Crippen molar-refractivity contribution in [2.45, 2.75) is 31.4 Å². The van der Waals surface area contributed by atoms with Crippen molar-refractivity contribution < 1.29 is 9.13 Å². The third kappa shape index (κ3) is 6.97. The number of hydrogen-bond donors (Lipinski definition) is 0. The van der Waals surface area contributed by atoms with Crippen molar-refractivity contribution in [3.8, 4) is 0 Å². The van der Waals surface area contributed by atoms with Gasteiger partial charge in [0.1, 0.15) is 11.9 Å². The molecule has 0 radical (unpaired) electrons. The van der Waals surface area contributed by atoms with Crippen LogP contribution in [0.3, 0.4) is 0 Å². The Balaban J connectivity index is 1.27. The summed E-state index contributed by atoms with van der Waals surface area (Å²) in [5.74, 6) is -0.168. The molecule has 1 heterocycles. The van der Waals surface area contributed by atoms with E-state index in [0.717, 1.165) is 32.6 Å². The van der Waals surface area contributed by atoms with Crippen molar-refractivity contribution in [1.82, 2.24) is 9.80 Å². The lowest BCUT2D eigenvalue weighted by Crippen LogP contribution is -2.47. The molecule has 4 heteroatoms. The molecule has 0 amide bonds. The van der Waals surface area contributed by atoms with Gasteiger partial charge >= 0.3 is 0 Å². The Bertz CT molecular complexity index is 909. The predicted molar refractivity (Wildman–Crippen MR) is 133 cm³/mol. The Morgan fingerprint density at radius 1 is 0.939 bits per heavy atom. The molecular formula is C29H35FN2O. The van der Waals surface area contributed by atoms with Crippen LogP contribution in [0.5, 0.6) is 0 Å². The minimum atomic E-state index is -0.168. The average Bonchev–Trinajstić information content (AvgIpc) is 2.87. The fourth-order valence-corrected chi connectivity index (χ4v) is 4.67. The lowest BCUT2D eigenvalue weighted by Gasteiger charge is -2.38. The van der Waals surface area contributed by atoms with E-state index in [1.807, 2.05) is 24.3 Å². The molecule has 0 saturated carbocycles. The number of nitrogens with zero attached hydrogens (tertiary/aromatic N) is 2. The Morgan fingerprint density at radius 2 is 1.58 bits per heavy atom. The van der Waals surface area contributed by atoms with Crippen molar-refractivity contribution in [1.29, 1.82) is 0 Å². The van der Waals surface area contributed by atoms with E-state index < -0.39 is 0 Å². The van der Waals surface area contributed by atoms with Gasteiger partial charge in [0.15, 0.2) is 0 Å². The van der Waals surface area contributed by atoms with E-state index in [0.29, 0.717) is 12.6 Å². The van der Waals surface area contributed by atoms with Crippen LogP contribution in [0.2, 0.25) is 0 Å². The summed E-state index contributed by atoms with van der Waals surface area (Å²) in [6.07, 6.45) is 3.36. The molecule has 1 unspecified atom stereocenters. The molecule has 0 aromatic heterocycles. The second kappa shape index (κ2) is 12.1. The van der Waals surface area contributed by atoms with Crippen LogP contribution in [0.1, 0.15) is 35.6 Å². The number of piperidine rings is 1. The molecule has 1 aliphatic rings. The molecule has 1 fully saturated rings. The van der Waals surface area contributed by atoms with Gasteiger partial charge in [0.2, 0.25) is 0 Å². The smallest absolute Gasteiger partial charge is 0.123 e. The summed E-state index contributed by atoms with van der Waals surface area (Å²) < 4.78 is 19.6. The Morgan fingerprint density at radius 3 is 2.21 bits per heavy atom. The fraction of sp³-hybridized carbons (Fsp3) is 0.379. The second-order valence-corrected chi connectivity index (χ2v) is 9.03. The van der Waals surface area contributed by atoms with Crippen LogP contribution in [-0.2, 0) is 11.2 Å². The van der Waals surface area contributed by atoms with Gasteiger partial charge in [-0.15, -0.1) is 0 Å². The van der Waals surface area contributed by atoms with Gasteiger partial charge in [0, 0.05) is 25.7 Å². The van der Waals surface area contributed by atoms with Crippen LogP contribution < -0.4 is 0 Å². The van der Waals surface area contributed by atoms with E-state index in [1.54, 1.807) is 12.1 Å². The summed E-state index contributed by atoms with van der Waals surface area (Å²) in [6.45, 7) is 4.85. The third-order valence-corrected chi connectivity index (χ3v) is 6.67. The van der Waals surface area contributed by atoms with E-state index in [4.69, 9.17) is 4.74 Å². The first-order valence-corrected chi connectivity index (χ1v) is 12.1. The van der Waals surface area contributed by atoms with Crippen LogP contribution in [0, 0.1) is 5.82 Å². The van der Waals surface area contributed by atoms with E-state index in [1.165, 1.54) is 29.5 Å². The topological polar surface area (TPSA) is 15.7 Å². The Hall–Kier alpha value is -2.53. The van der Waals surface area contributed by atoms with Gasteiger partial charge in [0.05, 0.1) is 6.61 Å². The van der Waals surface area contributed by atoms with Crippen LogP contribution in [-0.4, -0.2) is 55.7 Å². The molecule has 3 nitrogen and oxygen atoms in total. The van der Waals surface area contributed by atoms with Gasteiger partial charge in [0.25, 0.3) is 0 Å². The molecular weight excluding hydrogens is 411 g/mol. The largest absolute Gasteiger partial charge is 0.367 e. The van der Waals surface area contributed by atoms with Gasteiger partial charge in [-0.2, -0.15) is 0 Å². The number of likely N-dealkylation sites (tertiary alicyclic amines) is 1. The molecule has 0 bridgehead atoms. The van der Waals surface area contributed by atoms with Crippen LogP contribution >= 0.6 is 0 Å². The summed E-state index contributed by atoms with van der Waals surface area (Å²) in [7, 11) is 2.22. The van der Waals surface area contributed by atoms with Gasteiger partial charge < -0.3 is 9.64 Å². The Kier molecular flexibility index (Phi) is 8.65. The standard InChI is InChI=1S/C29H35FN2O/c1-31(20-18-24-14-16-27(30)17-15-24)28-13-8-19-32(23-28)21-22-33-29(25-9-4-2-5-10-25)26-11-6-3-7-12-26/h2-7,9-12,14-17,28-29H,8,13,18-23H2,1H3. The first-order valence-electron chi connectivity index (χ1n) is 12.1. The lowest BCUT2D eigenvalue weighted by atomic mass is 10.0. The van der Waals surface area contributed by atoms with Crippen molar-refractivity contribution >= 4 is 0 Å². The zero-order chi connectivity index (χ0) is 22.9. The van der Waals surface area contributed by atoms with Crippen molar-refractivity contribution in [3.05, 3.63) is 107 Å². The summed E-state index contributed by atoms with van der Waals surface area (Å²) in [5.41, 5.74) is 3.58. The lowest BCUT2D eigenvalue weighted by molar-refractivity contribution is 0.0424. The minimum absolute atomic E-state index is 0.0358. The molecule has 4 rings (SSSR count).